The number of hydrogen-bond acceptors (Lipinski definition) is 2. The molecule has 22 heavy (non-hydrogen) atoms. The number of rotatable bonds is 4. The number of halogens is 3. The van der Waals surface area contributed by atoms with Gasteiger partial charge in [-0.3, -0.25) is 4.79 Å². The third-order valence-electron chi connectivity index (χ3n) is 3.34. The fraction of sp³-hybridized carbons (Fsp3) is 0.312. The number of hydrogen-bond donors (Lipinski definition) is 0. The van der Waals surface area contributed by atoms with Gasteiger partial charge < -0.3 is 9.32 Å². The molecule has 0 saturated carbocycles. The molecule has 0 atom stereocenters. The molecule has 0 fully saturated rings. The van der Waals surface area contributed by atoms with Crippen molar-refractivity contribution in [3.05, 3.63) is 47.7 Å². The highest BCUT2D eigenvalue weighted by atomic mass is 19.4. The van der Waals surface area contributed by atoms with Crippen molar-refractivity contribution in [3.8, 4) is 11.3 Å². The van der Waals surface area contributed by atoms with Crippen LogP contribution in [0.4, 0.5) is 13.2 Å². The zero-order valence-electron chi connectivity index (χ0n) is 12.3. The fourth-order valence-electron chi connectivity index (χ4n) is 2.12. The molecule has 118 valence electrons. The topological polar surface area (TPSA) is 33.5 Å². The van der Waals surface area contributed by atoms with Crippen molar-refractivity contribution >= 4 is 5.91 Å². The van der Waals surface area contributed by atoms with E-state index in [1.807, 2.05) is 13.8 Å². The van der Waals surface area contributed by atoms with Gasteiger partial charge in [0.15, 0.2) is 5.76 Å². The van der Waals surface area contributed by atoms with Crippen LogP contribution in [-0.4, -0.2) is 23.9 Å². The van der Waals surface area contributed by atoms with Crippen LogP contribution in [0, 0.1) is 0 Å². The molecule has 0 unspecified atom stereocenters. The molecule has 0 aliphatic heterocycles. The Morgan fingerprint density at radius 3 is 2.41 bits per heavy atom. The third kappa shape index (κ3) is 3.32. The molecule has 6 heteroatoms. The molecule has 0 N–H and O–H groups in total. The van der Waals surface area contributed by atoms with Gasteiger partial charge in [-0.1, -0.05) is 12.1 Å². The lowest BCUT2D eigenvalue weighted by Crippen LogP contribution is -2.30. The predicted molar refractivity (Wildman–Crippen MR) is 76.4 cm³/mol. The summed E-state index contributed by atoms with van der Waals surface area (Å²) in [6.07, 6.45) is -4.41. The molecule has 0 spiro atoms. The molecule has 0 aliphatic carbocycles. The van der Waals surface area contributed by atoms with Gasteiger partial charge in [0.1, 0.15) is 5.76 Å². The number of carbonyl (C=O) groups is 1. The lowest BCUT2D eigenvalue weighted by Gasteiger charge is -2.16. The van der Waals surface area contributed by atoms with E-state index in [-0.39, 0.29) is 23.0 Å². The molecule has 1 aromatic carbocycles. The van der Waals surface area contributed by atoms with Gasteiger partial charge in [0.05, 0.1) is 5.56 Å². The summed E-state index contributed by atoms with van der Waals surface area (Å²) >= 11 is 0. The number of carbonyl (C=O) groups excluding carboxylic acids is 1. The predicted octanol–water partition coefficient (Wildman–Crippen LogP) is 4.45. The largest absolute Gasteiger partial charge is 0.451 e. The van der Waals surface area contributed by atoms with E-state index in [2.05, 4.69) is 0 Å². The van der Waals surface area contributed by atoms with Crippen LogP contribution >= 0.6 is 0 Å². The van der Waals surface area contributed by atoms with Crippen LogP contribution in [0.2, 0.25) is 0 Å². The van der Waals surface area contributed by atoms with Gasteiger partial charge in [-0.2, -0.15) is 13.2 Å². The van der Waals surface area contributed by atoms with Gasteiger partial charge in [-0.25, -0.2) is 0 Å². The first-order valence-electron chi connectivity index (χ1n) is 6.93. The smallest absolute Gasteiger partial charge is 0.416 e. The maximum atomic E-state index is 12.7. The molecule has 2 rings (SSSR count). The average molecular weight is 311 g/mol. The van der Waals surface area contributed by atoms with E-state index in [4.69, 9.17) is 4.42 Å². The molecule has 1 amide bonds. The first-order valence-corrected chi connectivity index (χ1v) is 6.93. The second-order valence-corrected chi connectivity index (χ2v) is 4.72. The maximum absolute atomic E-state index is 12.7. The minimum Gasteiger partial charge on any atom is -0.451 e. The van der Waals surface area contributed by atoms with Crippen molar-refractivity contribution in [2.45, 2.75) is 20.0 Å². The highest BCUT2D eigenvalue weighted by Gasteiger charge is 2.30. The fourth-order valence-corrected chi connectivity index (χ4v) is 2.12. The van der Waals surface area contributed by atoms with E-state index in [9.17, 15) is 18.0 Å². The summed E-state index contributed by atoms with van der Waals surface area (Å²) in [6, 6.07) is 7.81. The standard InChI is InChI=1S/C16H16F3NO2/c1-3-20(4-2)15(21)14-9-8-13(22-14)11-6-5-7-12(10-11)16(17,18)19/h5-10H,3-4H2,1-2H3. The van der Waals surface area contributed by atoms with Gasteiger partial charge in [0.2, 0.25) is 0 Å². The molecule has 1 aromatic heterocycles. The Hall–Kier alpha value is -2.24. The summed E-state index contributed by atoms with van der Waals surface area (Å²) in [4.78, 5) is 13.7. The molecular weight excluding hydrogens is 295 g/mol. The quantitative estimate of drug-likeness (QED) is 0.836. The summed E-state index contributed by atoms with van der Waals surface area (Å²) in [7, 11) is 0. The lowest BCUT2D eigenvalue weighted by molar-refractivity contribution is -0.137. The molecule has 1 heterocycles. The van der Waals surface area contributed by atoms with E-state index in [1.54, 1.807) is 4.90 Å². The van der Waals surface area contributed by atoms with Crippen LogP contribution in [0.3, 0.4) is 0 Å². The van der Waals surface area contributed by atoms with Crippen molar-refractivity contribution in [3.63, 3.8) is 0 Å². The minimum atomic E-state index is -4.41. The Morgan fingerprint density at radius 1 is 1.14 bits per heavy atom. The number of benzene rings is 1. The highest BCUT2D eigenvalue weighted by molar-refractivity contribution is 5.92. The third-order valence-corrected chi connectivity index (χ3v) is 3.34. The Labute approximate surface area is 126 Å². The molecule has 0 saturated heterocycles. The summed E-state index contributed by atoms with van der Waals surface area (Å²) in [5.74, 6) is 0.0842. The molecular formula is C16H16F3NO2. The van der Waals surface area contributed by atoms with Crippen molar-refractivity contribution in [2.24, 2.45) is 0 Å². The minimum absolute atomic E-state index is 0.121. The van der Waals surface area contributed by atoms with Gasteiger partial charge >= 0.3 is 6.18 Å². The van der Waals surface area contributed by atoms with Gasteiger partial charge in [0, 0.05) is 18.7 Å². The van der Waals surface area contributed by atoms with Crippen molar-refractivity contribution in [1.82, 2.24) is 4.90 Å². The average Bonchev–Trinajstić information content (AvgIpc) is 2.97. The van der Waals surface area contributed by atoms with Gasteiger partial charge in [-0.15, -0.1) is 0 Å². The van der Waals surface area contributed by atoms with Gasteiger partial charge in [-0.05, 0) is 38.1 Å². The van der Waals surface area contributed by atoms with E-state index >= 15 is 0 Å². The molecule has 2 aromatic rings. The maximum Gasteiger partial charge on any atom is 0.416 e. The van der Waals surface area contributed by atoms with Crippen molar-refractivity contribution in [2.75, 3.05) is 13.1 Å². The van der Waals surface area contributed by atoms with E-state index in [1.165, 1.54) is 24.3 Å². The van der Waals surface area contributed by atoms with Crippen molar-refractivity contribution in [1.29, 1.82) is 0 Å². The molecule has 0 aliphatic rings. The summed E-state index contributed by atoms with van der Waals surface area (Å²) in [6.45, 7) is 4.76. The Kier molecular flexibility index (Phi) is 4.59. The highest BCUT2D eigenvalue weighted by Crippen LogP contribution is 2.32. The SMILES string of the molecule is CCN(CC)C(=O)c1ccc(-c2cccc(C(F)(F)F)c2)o1. The zero-order valence-corrected chi connectivity index (χ0v) is 12.3. The number of amides is 1. The van der Waals surface area contributed by atoms with Crippen LogP contribution in [0.25, 0.3) is 11.3 Å². The monoisotopic (exact) mass is 311 g/mol. The summed E-state index contributed by atoms with van der Waals surface area (Å²) in [5.41, 5.74) is -0.466. The van der Waals surface area contributed by atoms with E-state index < -0.39 is 11.7 Å². The van der Waals surface area contributed by atoms with E-state index in [0.717, 1.165) is 12.1 Å². The lowest BCUT2D eigenvalue weighted by atomic mass is 10.1. The van der Waals surface area contributed by atoms with Crippen LogP contribution in [0.5, 0.6) is 0 Å². The van der Waals surface area contributed by atoms with Crippen LogP contribution in [0.15, 0.2) is 40.8 Å². The molecule has 0 bridgehead atoms. The number of furan rings is 1. The Morgan fingerprint density at radius 2 is 1.82 bits per heavy atom. The van der Waals surface area contributed by atoms with E-state index in [0.29, 0.717) is 13.1 Å². The summed E-state index contributed by atoms with van der Waals surface area (Å²) < 4.78 is 43.6. The first kappa shape index (κ1) is 16.1. The zero-order chi connectivity index (χ0) is 16.3. The second kappa shape index (κ2) is 6.25. The Bertz CT molecular complexity index is 657. The van der Waals surface area contributed by atoms with Crippen LogP contribution in [0.1, 0.15) is 30.0 Å². The Balaban J connectivity index is 2.31. The van der Waals surface area contributed by atoms with Crippen molar-refractivity contribution < 1.29 is 22.4 Å². The number of alkyl halides is 3. The summed E-state index contributed by atoms with van der Waals surface area (Å²) in [5, 5.41) is 0. The van der Waals surface area contributed by atoms with Crippen LogP contribution < -0.4 is 0 Å². The second-order valence-electron chi connectivity index (χ2n) is 4.72. The normalized spacial score (nSPS) is 11.5. The first-order chi connectivity index (χ1) is 10.4. The van der Waals surface area contributed by atoms with Gasteiger partial charge in [0.25, 0.3) is 5.91 Å². The van der Waals surface area contributed by atoms with Crippen LogP contribution in [-0.2, 0) is 6.18 Å². The molecule has 3 nitrogen and oxygen atoms in total. The number of nitrogens with zero attached hydrogens (tertiary/aromatic N) is 1. The molecule has 0 radical (unpaired) electrons.